The molecule has 1 aliphatic rings. The molecule has 1 N–H and O–H groups in total. The number of methoxy groups -OCH3 is 1. The third-order valence-corrected chi connectivity index (χ3v) is 5.73. The van der Waals surface area contributed by atoms with Gasteiger partial charge >= 0.3 is 0 Å². The lowest BCUT2D eigenvalue weighted by Gasteiger charge is -2.13. The minimum atomic E-state index is -3.58. The molecule has 0 saturated heterocycles. The quantitative estimate of drug-likeness (QED) is 0.854. The molecule has 0 saturated carbocycles. The van der Waals surface area contributed by atoms with E-state index in [-0.39, 0.29) is 11.7 Å². The highest BCUT2D eigenvalue weighted by molar-refractivity contribution is 7.89. The van der Waals surface area contributed by atoms with Crippen molar-refractivity contribution in [3.05, 3.63) is 47.0 Å². The molecule has 25 heavy (non-hydrogen) atoms. The number of rotatable bonds is 6. The molecule has 0 radical (unpaired) electrons. The number of hydrogen-bond donors (Lipinski definition) is 1. The fraction of sp³-hybridized carbons (Fsp3) is 0.333. The van der Waals surface area contributed by atoms with E-state index < -0.39 is 10.0 Å². The summed E-state index contributed by atoms with van der Waals surface area (Å²) in [5, 5.41) is 0. The van der Waals surface area contributed by atoms with Gasteiger partial charge in [0.1, 0.15) is 5.75 Å². The first-order valence-electron chi connectivity index (χ1n) is 7.94. The van der Waals surface area contributed by atoms with E-state index in [1.807, 2.05) is 25.1 Å². The van der Waals surface area contributed by atoms with Gasteiger partial charge in [-0.1, -0.05) is 6.07 Å². The van der Waals surface area contributed by atoms with Crippen LogP contribution in [-0.4, -0.2) is 28.9 Å². The summed E-state index contributed by atoms with van der Waals surface area (Å²) in [6.45, 7) is 4.10. The van der Waals surface area contributed by atoms with E-state index >= 15 is 0 Å². The Morgan fingerprint density at radius 2 is 1.84 bits per heavy atom. The van der Waals surface area contributed by atoms with Crippen LogP contribution >= 0.6 is 0 Å². The van der Waals surface area contributed by atoms with E-state index in [9.17, 15) is 8.42 Å². The highest BCUT2D eigenvalue weighted by Crippen LogP contribution is 2.32. The van der Waals surface area contributed by atoms with Gasteiger partial charge in [0.25, 0.3) is 0 Å². The molecule has 2 aromatic carbocycles. The highest BCUT2D eigenvalue weighted by Gasteiger charge is 2.19. The zero-order valence-corrected chi connectivity index (χ0v) is 15.3. The first-order valence-corrected chi connectivity index (χ1v) is 9.42. The number of sulfonamides is 1. The molecule has 7 heteroatoms. The Hall–Kier alpha value is -2.25. The van der Waals surface area contributed by atoms with Gasteiger partial charge in [0.2, 0.25) is 16.8 Å². The maximum absolute atomic E-state index is 12.6. The topological polar surface area (TPSA) is 73.9 Å². The molecular formula is C18H21NO5S. The van der Waals surface area contributed by atoms with Gasteiger partial charge in [-0.2, -0.15) is 0 Å². The summed E-state index contributed by atoms with van der Waals surface area (Å²) < 4.78 is 43.7. The van der Waals surface area contributed by atoms with E-state index in [0.29, 0.717) is 35.8 Å². The minimum Gasteiger partial charge on any atom is -0.496 e. The van der Waals surface area contributed by atoms with Crippen LogP contribution in [0.5, 0.6) is 17.2 Å². The van der Waals surface area contributed by atoms with Crippen molar-refractivity contribution in [3.63, 3.8) is 0 Å². The minimum absolute atomic E-state index is 0.224. The molecule has 0 unspecified atom stereocenters. The van der Waals surface area contributed by atoms with E-state index in [0.717, 1.165) is 11.1 Å². The SMILES string of the molecule is COc1cc(C)c(S(=O)(=O)NCCc2ccc3c(c2)OCO3)cc1C. The summed E-state index contributed by atoms with van der Waals surface area (Å²) in [4.78, 5) is 0.275. The largest absolute Gasteiger partial charge is 0.496 e. The van der Waals surface area contributed by atoms with Gasteiger partial charge in [-0.3, -0.25) is 0 Å². The molecule has 6 nitrogen and oxygen atoms in total. The second-order valence-corrected chi connectivity index (χ2v) is 7.66. The van der Waals surface area contributed by atoms with Crippen LogP contribution in [0, 0.1) is 13.8 Å². The molecule has 0 amide bonds. The summed E-state index contributed by atoms with van der Waals surface area (Å²) in [7, 11) is -2.01. The molecule has 3 rings (SSSR count). The number of hydrogen-bond acceptors (Lipinski definition) is 5. The van der Waals surface area contributed by atoms with Gasteiger partial charge in [-0.25, -0.2) is 13.1 Å². The van der Waals surface area contributed by atoms with E-state index in [1.165, 1.54) is 0 Å². The van der Waals surface area contributed by atoms with Crippen molar-refractivity contribution in [2.24, 2.45) is 0 Å². The Morgan fingerprint density at radius 3 is 2.60 bits per heavy atom. The van der Waals surface area contributed by atoms with E-state index in [1.54, 1.807) is 26.2 Å². The molecule has 0 aliphatic carbocycles. The molecule has 0 atom stereocenters. The highest BCUT2D eigenvalue weighted by atomic mass is 32.2. The zero-order valence-electron chi connectivity index (χ0n) is 14.5. The number of fused-ring (bicyclic) bond motifs is 1. The summed E-state index contributed by atoms with van der Waals surface area (Å²) in [6.07, 6.45) is 0.560. The first-order chi connectivity index (χ1) is 11.9. The van der Waals surface area contributed by atoms with Crippen LogP contribution in [0.25, 0.3) is 0 Å². The summed E-state index contributed by atoms with van der Waals surface area (Å²) in [6, 6.07) is 8.99. The number of benzene rings is 2. The zero-order chi connectivity index (χ0) is 18.0. The lowest BCUT2D eigenvalue weighted by Crippen LogP contribution is -2.26. The lowest BCUT2D eigenvalue weighted by atomic mass is 10.1. The molecule has 2 aromatic rings. The van der Waals surface area contributed by atoms with Crippen molar-refractivity contribution in [2.75, 3.05) is 20.4 Å². The average molecular weight is 363 g/mol. The molecule has 1 heterocycles. The second-order valence-electron chi connectivity index (χ2n) is 5.92. The third-order valence-electron chi connectivity index (χ3n) is 4.12. The maximum atomic E-state index is 12.6. The van der Waals surface area contributed by atoms with Crippen LogP contribution in [0.1, 0.15) is 16.7 Å². The van der Waals surface area contributed by atoms with Crippen molar-refractivity contribution in [2.45, 2.75) is 25.2 Å². The third kappa shape index (κ3) is 3.72. The molecule has 0 fully saturated rings. The molecule has 1 aliphatic heterocycles. The summed E-state index contributed by atoms with van der Waals surface area (Å²) in [5.41, 5.74) is 2.41. The molecule has 0 spiro atoms. The van der Waals surface area contributed by atoms with Crippen LogP contribution in [0.2, 0.25) is 0 Å². The Balaban J connectivity index is 1.69. The number of nitrogens with one attached hydrogen (secondary N) is 1. The van der Waals surface area contributed by atoms with Crippen molar-refractivity contribution in [1.82, 2.24) is 4.72 Å². The molecule has 0 aromatic heterocycles. The van der Waals surface area contributed by atoms with Crippen LogP contribution in [0.4, 0.5) is 0 Å². The summed E-state index contributed by atoms with van der Waals surface area (Å²) >= 11 is 0. The van der Waals surface area contributed by atoms with Crippen molar-refractivity contribution >= 4 is 10.0 Å². The van der Waals surface area contributed by atoms with Gasteiger partial charge in [-0.15, -0.1) is 0 Å². The fourth-order valence-electron chi connectivity index (χ4n) is 2.78. The van der Waals surface area contributed by atoms with E-state index in [2.05, 4.69) is 4.72 Å². The van der Waals surface area contributed by atoms with Crippen LogP contribution in [0.3, 0.4) is 0 Å². The van der Waals surface area contributed by atoms with Crippen LogP contribution in [0.15, 0.2) is 35.2 Å². The fourth-order valence-corrected chi connectivity index (χ4v) is 4.12. The van der Waals surface area contributed by atoms with Gasteiger partial charge < -0.3 is 14.2 Å². The van der Waals surface area contributed by atoms with Gasteiger partial charge in [0.05, 0.1) is 12.0 Å². The summed E-state index contributed by atoms with van der Waals surface area (Å²) in [5.74, 6) is 2.09. The van der Waals surface area contributed by atoms with Crippen LogP contribution < -0.4 is 18.9 Å². The molecular weight excluding hydrogens is 342 g/mol. The monoisotopic (exact) mass is 363 g/mol. The smallest absolute Gasteiger partial charge is 0.240 e. The Morgan fingerprint density at radius 1 is 1.08 bits per heavy atom. The predicted molar refractivity (Wildman–Crippen MR) is 93.9 cm³/mol. The Labute approximate surface area is 147 Å². The average Bonchev–Trinajstić information content (AvgIpc) is 3.04. The molecule has 0 bridgehead atoms. The maximum Gasteiger partial charge on any atom is 0.240 e. The van der Waals surface area contributed by atoms with E-state index in [4.69, 9.17) is 14.2 Å². The van der Waals surface area contributed by atoms with Crippen molar-refractivity contribution in [3.8, 4) is 17.2 Å². The predicted octanol–water partition coefficient (Wildman–Crippen LogP) is 2.56. The second kappa shape index (κ2) is 6.93. The first kappa shape index (κ1) is 17.6. The van der Waals surface area contributed by atoms with Crippen LogP contribution in [-0.2, 0) is 16.4 Å². The number of aryl methyl sites for hydroxylation is 2. The lowest BCUT2D eigenvalue weighted by molar-refractivity contribution is 0.174. The Kier molecular flexibility index (Phi) is 4.87. The van der Waals surface area contributed by atoms with Gasteiger partial charge in [0.15, 0.2) is 11.5 Å². The molecule has 134 valence electrons. The van der Waals surface area contributed by atoms with Gasteiger partial charge in [0, 0.05) is 6.54 Å². The van der Waals surface area contributed by atoms with Crippen molar-refractivity contribution < 1.29 is 22.6 Å². The standard InChI is InChI=1S/C18H21NO5S/c1-12-9-18(13(2)8-16(12)22-3)25(20,21)19-7-6-14-4-5-15-17(10-14)24-11-23-15/h4-5,8-10,19H,6-7,11H2,1-3H3. The normalized spacial score (nSPS) is 13.1. The number of ether oxygens (including phenoxy) is 3. The Bertz CT molecular complexity index is 893. The van der Waals surface area contributed by atoms with Gasteiger partial charge in [-0.05, 0) is 61.2 Å². The van der Waals surface area contributed by atoms with Crippen molar-refractivity contribution in [1.29, 1.82) is 0 Å².